The number of hydrogen-bond donors (Lipinski definition) is 2. The summed E-state index contributed by atoms with van der Waals surface area (Å²) in [7, 11) is -1.95. The van der Waals surface area contributed by atoms with E-state index in [4.69, 9.17) is 9.47 Å². The van der Waals surface area contributed by atoms with Gasteiger partial charge in [0.15, 0.2) is 11.5 Å². The molecule has 1 unspecified atom stereocenters. The Kier molecular flexibility index (Phi) is 7.23. The van der Waals surface area contributed by atoms with E-state index in [-0.39, 0.29) is 30.6 Å². The highest BCUT2D eigenvalue weighted by molar-refractivity contribution is 7.91. The number of aliphatic hydroxyl groups excluding tert-OH is 1. The fourth-order valence-corrected chi connectivity index (χ4v) is 6.22. The van der Waals surface area contributed by atoms with Gasteiger partial charge in [-0.25, -0.2) is 13.3 Å². The zero-order valence-electron chi connectivity index (χ0n) is 20.3. The van der Waals surface area contributed by atoms with E-state index in [1.807, 2.05) is 48.5 Å². The second-order valence-electron chi connectivity index (χ2n) is 8.85. The third kappa shape index (κ3) is 5.44. The molecule has 5 rings (SSSR count). The zero-order valence-corrected chi connectivity index (χ0v) is 21.1. The number of nitrogens with one attached hydrogen (secondary N) is 1. The number of anilines is 2. The Morgan fingerprint density at radius 1 is 1.00 bits per heavy atom. The summed E-state index contributed by atoms with van der Waals surface area (Å²) in [5, 5.41) is 11.2. The van der Waals surface area contributed by atoms with Gasteiger partial charge in [0.2, 0.25) is 0 Å². The molecule has 0 bridgehead atoms. The van der Waals surface area contributed by atoms with Gasteiger partial charge >= 0.3 is 6.36 Å². The topological polar surface area (TPSA) is 92.6 Å². The van der Waals surface area contributed by atoms with E-state index >= 15 is 0 Å². The first-order chi connectivity index (χ1) is 18.2. The van der Waals surface area contributed by atoms with Crippen molar-refractivity contribution in [2.24, 2.45) is 4.36 Å². The average molecular weight is 550 g/mol. The number of nitrogens with zero attached hydrogens (tertiary/aromatic N) is 2. The normalized spacial score (nSPS) is 22.8. The summed E-state index contributed by atoms with van der Waals surface area (Å²) in [5.74, 6) is 0.932. The van der Waals surface area contributed by atoms with Gasteiger partial charge in [0.25, 0.3) is 0 Å². The first-order valence-electron chi connectivity index (χ1n) is 11.9. The van der Waals surface area contributed by atoms with E-state index in [1.54, 1.807) is 0 Å². The molecule has 2 N–H and O–H groups in total. The van der Waals surface area contributed by atoms with Gasteiger partial charge in [-0.3, -0.25) is 0 Å². The number of ether oxygens (including phenoxy) is 3. The van der Waals surface area contributed by atoms with Gasteiger partial charge < -0.3 is 24.2 Å². The van der Waals surface area contributed by atoms with Crippen molar-refractivity contribution >= 4 is 21.3 Å². The predicted octanol–water partition coefficient (Wildman–Crippen LogP) is 5.01. The lowest BCUT2D eigenvalue weighted by Crippen LogP contribution is -2.46. The SMILES string of the molecule is CN=S(=O)(N[C@@H]1COC[C@H](N2c3ccccc3Oc3ccccc32)C[C@H]1O)c1ccc(OC(F)(F)F)cc1. The molecule has 3 aromatic rings. The standard InChI is InChI=1S/C26H26F3N3O5S/c1-30-38(34,19-12-10-18(11-13-19)37-26(27,28)29)31-20-16-35-15-17(14-23(20)33)32-21-6-2-4-8-24(21)36-25-9-5-3-7-22(25)32/h2-13,17,20,23,33H,14-16H2,1H3,(H,30,31,34)/t17-,20-,23-,38?/m1/s1. The minimum Gasteiger partial charge on any atom is -0.453 e. The maximum Gasteiger partial charge on any atom is 0.573 e. The summed E-state index contributed by atoms with van der Waals surface area (Å²) in [6.45, 7) is 0.332. The fraction of sp³-hybridized carbons (Fsp3) is 0.308. The van der Waals surface area contributed by atoms with Crippen molar-refractivity contribution in [3.8, 4) is 17.2 Å². The summed E-state index contributed by atoms with van der Waals surface area (Å²) in [6.07, 6.45) is -5.53. The van der Waals surface area contributed by atoms with Crippen LogP contribution < -0.4 is 19.1 Å². The summed E-state index contributed by atoms with van der Waals surface area (Å²) in [6, 6.07) is 18.8. The molecule has 0 amide bonds. The van der Waals surface area contributed by atoms with Crippen LogP contribution in [0.2, 0.25) is 0 Å². The number of benzene rings is 3. The lowest BCUT2D eigenvalue weighted by Gasteiger charge is -2.38. The van der Waals surface area contributed by atoms with E-state index in [9.17, 15) is 22.5 Å². The number of para-hydroxylation sites is 4. The number of hydrogen-bond acceptors (Lipinski definition) is 7. The van der Waals surface area contributed by atoms with Crippen LogP contribution in [0.15, 0.2) is 82.1 Å². The Morgan fingerprint density at radius 2 is 1.61 bits per heavy atom. The third-order valence-corrected chi connectivity index (χ3v) is 8.41. The van der Waals surface area contributed by atoms with Crippen molar-refractivity contribution in [2.75, 3.05) is 25.2 Å². The summed E-state index contributed by atoms with van der Waals surface area (Å²) in [5.41, 5.74) is 1.68. The third-order valence-electron chi connectivity index (χ3n) is 6.37. The second-order valence-corrected chi connectivity index (χ2v) is 11.0. The van der Waals surface area contributed by atoms with Gasteiger partial charge in [0.05, 0.1) is 47.7 Å². The highest BCUT2D eigenvalue weighted by Gasteiger charge is 2.37. The Morgan fingerprint density at radius 3 is 2.18 bits per heavy atom. The molecule has 0 saturated carbocycles. The average Bonchev–Trinajstić information content (AvgIpc) is 3.07. The number of aliphatic hydroxyl groups is 1. The molecule has 38 heavy (non-hydrogen) atoms. The van der Waals surface area contributed by atoms with Crippen molar-refractivity contribution in [3.63, 3.8) is 0 Å². The van der Waals surface area contributed by atoms with Crippen LogP contribution in [0.25, 0.3) is 0 Å². The molecule has 0 aromatic heterocycles. The monoisotopic (exact) mass is 549 g/mol. The number of fused-ring (bicyclic) bond motifs is 2. The number of alkyl halides is 3. The fourth-order valence-electron chi connectivity index (χ4n) is 4.63. The second kappa shape index (κ2) is 10.4. The zero-order chi connectivity index (χ0) is 26.9. The minimum atomic E-state index is -4.84. The molecule has 202 valence electrons. The molecule has 0 spiro atoms. The summed E-state index contributed by atoms with van der Waals surface area (Å²) < 4.78 is 73.9. The van der Waals surface area contributed by atoms with Crippen molar-refractivity contribution < 1.29 is 36.7 Å². The van der Waals surface area contributed by atoms with Crippen LogP contribution in [-0.4, -0.2) is 54.1 Å². The highest BCUT2D eigenvalue weighted by Crippen LogP contribution is 2.48. The molecule has 3 aromatic carbocycles. The molecule has 12 heteroatoms. The van der Waals surface area contributed by atoms with E-state index in [1.165, 1.54) is 19.2 Å². The number of rotatable bonds is 5. The molecule has 2 heterocycles. The highest BCUT2D eigenvalue weighted by atomic mass is 32.2. The van der Waals surface area contributed by atoms with Crippen LogP contribution in [0.5, 0.6) is 17.2 Å². The van der Waals surface area contributed by atoms with Gasteiger partial charge in [-0.15, -0.1) is 13.2 Å². The van der Waals surface area contributed by atoms with Crippen molar-refractivity contribution in [3.05, 3.63) is 72.8 Å². The Hall–Kier alpha value is -3.32. The molecule has 0 aliphatic carbocycles. The van der Waals surface area contributed by atoms with Crippen LogP contribution in [0.3, 0.4) is 0 Å². The van der Waals surface area contributed by atoms with E-state index < -0.39 is 34.2 Å². The lowest BCUT2D eigenvalue weighted by molar-refractivity contribution is -0.274. The maximum atomic E-state index is 13.7. The van der Waals surface area contributed by atoms with Gasteiger partial charge in [-0.1, -0.05) is 24.3 Å². The van der Waals surface area contributed by atoms with E-state index in [2.05, 4.69) is 18.7 Å². The van der Waals surface area contributed by atoms with E-state index in [0.29, 0.717) is 11.5 Å². The number of halogens is 3. The molecule has 8 nitrogen and oxygen atoms in total. The smallest absolute Gasteiger partial charge is 0.453 e. The van der Waals surface area contributed by atoms with Crippen LogP contribution in [-0.2, 0) is 14.7 Å². The van der Waals surface area contributed by atoms with Crippen LogP contribution in [0.1, 0.15) is 6.42 Å². The van der Waals surface area contributed by atoms with Gasteiger partial charge in [-0.05, 0) is 55.0 Å². The summed E-state index contributed by atoms with van der Waals surface area (Å²) >= 11 is 0. The Labute approximate surface area is 218 Å². The lowest BCUT2D eigenvalue weighted by atomic mass is 10.0. The first kappa shape index (κ1) is 26.3. The molecule has 2 aliphatic rings. The molecular formula is C26H26F3N3O5S. The molecule has 1 saturated heterocycles. The molecule has 2 aliphatic heterocycles. The van der Waals surface area contributed by atoms with Crippen molar-refractivity contribution in [2.45, 2.75) is 35.9 Å². The van der Waals surface area contributed by atoms with E-state index in [0.717, 1.165) is 23.5 Å². The van der Waals surface area contributed by atoms with Crippen molar-refractivity contribution in [1.82, 2.24) is 4.72 Å². The quantitative estimate of drug-likeness (QED) is 0.465. The van der Waals surface area contributed by atoms with Crippen LogP contribution in [0, 0.1) is 0 Å². The molecular weight excluding hydrogens is 523 g/mol. The first-order valence-corrected chi connectivity index (χ1v) is 13.4. The predicted molar refractivity (Wildman–Crippen MR) is 135 cm³/mol. The van der Waals surface area contributed by atoms with Crippen LogP contribution in [0.4, 0.5) is 24.5 Å². The van der Waals surface area contributed by atoms with Crippen LogP contribution >= 0.6 is 0 Å². The molecule has 0 radical (unpaired) electrons. The minimum absolute atomic E-state index is 0.0487. The Bertz CT molecular complexity index is 1360. The van der Waals surface area contributed by atoms with Gasteiger partial charge in [0, 0.05) is 7.05 Å². The molecule has 4 atom stereocenters. The van der Waals surface area contributed by atoms with Gasteiger partial charge in [-0.2, -0.15) is 0 Å². The molecule has 1 fully saturated rings. The largest absolute Gasteiger partial charge is 0.573 e. The Balaban J connectivity index is 1.36. The van der Waals surface area contributed by atoms with Gasteiger partial charge in [0.1, 0.15) is 15.7 Å². The van der Waals surface area contributed by atoms with Crippen molar-refractivity contribution in [1.29, 1.82) is 0 Å². The maximum absolute atomic E-state index is 13.7. The summed E-state index contributed by atoms with van der Waals surface area (Å²) in [4.78, 5) is 2.24.